The van der Waals surface area contributed by atoms with Crippen LogP contribution in [-0.4, -0.2) is 27.7 Å². The predicted octanol–water partition coefficient (Wildman–Crippen LogP) is 2.92. The number of aliphatic hydroxyl groups is 1. The fourth-order valence-corrected chi connectivity index (χ4v) is 2.02. The summed E-state index contributed by atoms with van der Waals surface area (Å²) in [5, 5.41) is 13.6. The van der Waals surface area contributed by atoms with Gasteiger partial charge in [-0.15, -0.1) is 0 Å². The number of halogens is 1. The Hall–Kier alpha value is -0.870. The quantitative estimate of drug-likeness (QED) is 0.834. The number of aromatic nitrogens is 2. The highest BCUT2D eigenvalue weighted by Gasteiger charge is 2.29. The standard InChI is InChI=1S/C14H22ClN3O/c1-8-11(15)17-13(14(2,3)4)18-12(8)16-7-10(19)9-5-6-9/h9-10,19H,5-7H2,1-4H3,(H,16,17,18). The molecule has 0 saturated heterocycles. The maximum absolute atomic E-state index is 9.90. The van der Waals surface area contributed by atoms with Crippen LogP contribution in [0.25, 0.3) is 0 Å². The van der Waals surface area contributed by atoms with E-state index in [1.54, 1.807) is 0 Å². The number of aliphatic hydroxyl groups excluding tert-OH is 1. The predicted molar refractivity (Wildman–Crippen MR) is 77.7 cm³/mol. The molecule has 1 atom stereocenters. The molecule has 5 heteroatoms. The molecule has 0 amide bonds. The maximum atomic E-state index is 9.90. The first kappa shape index (κ1) is 14.5. The summed E-state index contributed by atoms with van der Waals surface area (Å²) in [5.74, 6) is 1.89. The lowest BCUT2D eigenvalue weighted by molar-refractivity contribution is 0.164. The number of anilines is 1. The normalized spacial score (nSPS) is 17.4. The van der Waals surface area contributed by atoms with Crippen LogP contribution >= 0.6 is 11.6 Å². The van der Waals surface area contributed by atoms with Gasteiger partial charge in [0.2, 0.25) is 0 Å². The summed E-state index contributed by atoms with van der Waals surface area (Å²) in [5.41, 5.74) is 0.681. The Morgan fingerprint density at radius 2 is 2.00 bits per heavy atom. The molecule has 0 aliphatic heterocycles. The van der Waals surface area contributed by atoms with Crippen LogP contribution in [0, 0.1) is 12.8 Å². The van der Waals surface area contributed by atoms with E-state index in [0.29, 0.717) is 23.4 Å². The minimum absolute atomic E-state index is 0.150. The van der Waals surface area contributed by atoms with Gasteiger partial charge in [0.15, 0.2) is 0 Å². The van der Waals surface area contributed by atoms with Crippen LogP contribution in [0.3, 0.4) is 0 Å². The van der Waals surface area contributed by atoms with Gasteiger partial charge in [0.1, 0.15) is 16.8 Å². The molecule has 4 nitrogen and oxygen atoms in total. The summed E-state index contributed by atoms with van der Waals surface area (Å²) in [6.07, 6.45) is 1.95. The molecular weight excluding hydrogens is 262 g/mol. The summed E-state index contributed by atoms with van der Waals surface area (Å²) in [6.45, 7) is 8.56. The second-order valence-corrected chi connectivity index (χ2v) is 6.71. The molecule has 19 heavy (non-hydrogen) atoms. The van der Waals surface area contributed by atoms with Crippen molar-refractivity contribution in [1.29, 1.82) is 0 Å². The zero-order valence-corrected chi connectivity index (χ0v) is 12.8. The molecule has 1 aliphatic carbocycles. The Kier molecular flexibility index (Phi) is 4.02. The summed E-state index contributed by atoms with van der Waals surface area (Å²) in [7, 11) is 0. The van der Waals surface area contributed by atoms with E-state index in [2.05, 4.69) is 36.1 Å². The molecule has 1 heterocycles. The molecule has 1 aromatic heterocycles. The number of hydrogen-bond acceptors (Lipinski definition) is 4. The van der Waals surface area contributed by atoms with Gasteiger partial charge in [-0.3, -0.25) is 0 Å². The number of hydrogen-bond donors (Lipinski definition) is 2. The summed E-state index contributed by atoms with van der Waals surface area (Å²) in [4.78, 5) is 8.87. The molecule has 0 radical (unpaired) electrons. The third kappa shape index (κ3) is 3.57. The number of nitrogens with one attached hydrogen (secondary N) is 1. The van der Waals surface area contributed by atoms with Crippen molar-refractivity contribution in [2.45, 2.75) is 52.1 Å². The van der Waals surface area contributed by atoms with E-state index >= 15 is 0 Å². The van der Waals surface area contributed by atoms with Crippen LogP contribution in [0.2, 0.25) is 5.15 Å². The average Bonchev–Trinajstić information content (AvgIpc) is 3.13. The Labute approximate surface area is 119 Å². The first-order valence-electron chi connectivity index (χ1n) is 6.75. The highest BCUT2D eigenvalue weighted by atomic mass is 35.5. The average molecular weight is 284 g/mol. The molecule has 1 unspecified atom stereocenters. The van der Waals surface area contributed by atoms with E-state index in [0.717, 1.165) is 24.2 Å². The Morgan fingerprint density at radius 1 is 1.37 bits per heavy atom. The third-order valence-electron chi connectivity index (χ3n) is 3.40. The molecule has 0 bridgehead atoms. The molecule has 0 spiro atoms. The van der Waals surface area contributed by atoms with Gasteiger partial charge in [0, 0.05) is 17.5 Å². The first-order valence-corrected chi connectivity index (χ1v) is 7.13. The van der Waals surface area contributed by atoms with Crippen LogP contribution in [0.4, 0.5) is 5.82 Å². The van der Waals surface area contributed by atoms with Gasteiger partial charge in [0.25, 0.3) is 0 Å². The molecule has 1 fully saturated rings. The van der Waals surface area contributed by atoms with Gasteiger partial charge in [-0.05, 0) is 25.7 Å². The van der Waals surface area contributed by atoms with Crippen molar-refractivity contribution in [3.63, 3.8) is 0 Å². The van der Waals surface area contributed by atoms with Gasteiger partial charge in [0.05, 0.1) is 6.10 Å². The van der Waals surface area contributed by atoms with Gasteiger partial charge < -0.3 is 10.4 Å². The monoisotopic (exact) mass is 283 g/mol. The molecule has 0 aromatic carbocycles. The van der Waals surface area contributed by atoms with Gasteiger partial charge in [-0.1, -0.05) is 32.4 Å². The first-order chi connectivity index (χ1) is 8.79. The highest BCUT2D eigenvalue weighted by Crippen LogP contribution is 2.33. The second kappa shape index (κ2) is 5.25. The van der Waals surface area contributed by atoms with Crippen LogP contribution in [0.5, 0.6) is 0 Å². The largest absolute Gasteiger partial charge is 0.391 e. The minimum Gasteiger partial charge on any atom is -0.391 e. The fourth-order valence-electron chi connectivity index (χ4n) is 1.85. The molecule has 1 aliphatic rings. The van der Waals surface area contributed by atoms with Crippen molar-refractivity contribution in [2.75, 3.05) is 11.9 Å². The number of rotatable bonds is 4. The SMILES string of the molecule is Cc1c(Cl)nc(C(C)(C)C)nc1NCC(O)C1CC1. The second-order valence-electron chi connectivity index (χ2n) is 6.35. The highest BCUT2D eigenvalue weighted by molar-refractivity contribution is 6.30. The van der Waals surface area contributed by atoms with Gasteiger partial charge >= 0.3 is 0 Å². The van der Waals surface area contributed by atoms with Crippen molar-refractivity contribution < 1.29 is 5.11 Å². The van der Waals surface area contributed by atoms with Crippen LogP contribution in [-0.2, 0) is 5.41 Å². The van der Waals surface area contributed by atoms with Crippen LogP contribution in [0.1, 0.15) is 45.0 Å². The molecule has 1 saturated carbocycles. The molecule has 1 aromatic rings. The van der Waals surface area contributed by atoms with E-state index in [4.69, 9.17) is 11.6 Å². The maximum Gasteiger partial charge on any atom is 0.137 e. The molecule has 2 rings (SSSR count). The van der Waals surface area contributed by atoms with Gasteiger partial charge in [-0.25, -0.2) is 9.97 Å². The van der Waals surface area contributed by atoms with Crippen molar-refractivity contribution in [1.82, 2.24) is 9.97 Å². The Bertz CT molecular complexity index is 466. The molecule has 106 valence electrons. The Balaban J connectivity index is 2.15. The van der Waals surface area contributed by atoms with E-state index in [9.17, 15) is 5.11 Å². The summed E-state index contributed by atoms with van der Waals surface area (Å²) in [6, 6.07) is 0. The topological polar surface area (TPSA) is 58.0 Å². The van der Waals surface area contributed by atoms with Crippen molar-refractivity contribution in [3.05, 3.63) is 16.5 Å². The van der Waals surface area contributed by atoms with Crippen molar-refractivity contribution >= 4 is 17.4 Å². The zero-order chi connectivity index (χ0) is 14.2. The van der Waals surface area contributed by atoms with Gasteiger partial charge in [-0.2, -0.15) is 0 Å². The lowest BCUT2D eigenvalue weighted by atomic mass is 9.95. The number of nitrogens with zero attached hydrogens (tertiary/aromatic N) is 2. The zero-order valence-electron chi connectivity index (χ0n) is 12.0. The Morgan fingerprint density at radius 3 is 2.53 bits per heavy atom. The molecular formula is C14H22ClN3O. The third-order valence-corrected chi connectivity index (χ3v) is 3.77. The smallest absolute Gasteiger partial charge is 0.137 e. The minimum atomic E-state index is -0.300. The van der Waals surface area contributed by atoms with Crippen LogP contribution < -0.4 is 5.32 Å². The van der Waals surface area contributed by atoms with Crippen molar-refractivity contribution in [3.8, 4) is 0 Å². The van der Waals surface area contributed by atoms with E-state index in [1.807, 2.05) is 6.92 Å². The summed E-state index contributed by atoms with van der Waals surface area (Å²) < 4.78 is 0. The lowest BCUT2D eigenvalue weighted by Crippen LogP contribution is -2.24. The van der Waals surface area contributed by atoms with Crippen LogP contribution in [0.15, 0.2) is 0 Å². The summed E-state index contributed by atoms with van der Waals surface area (Å²) >= 11 is 6.16. The van der Waals surface area contributed by atoms with E-state index in [1.165, 1.54) is 0 Å². The molecule has 2 N–H and O–H groups in total. The van der Waals surface area contributed by atoms with E-state index in [-0.39, 0.29) is 11.5 Å². The lowest BCUT2D eigenvalue weighted by Gasteiger charge is -2.20. The fraction of sp³-hybridized carbons (Fsp3) is 0.714. The van der Waals surface area contributed by atoms with Crippen molar-refractivity contribution in [2.24, 2.45) is 5.92 Å². The van der Waals surface area contributed by atoms with E-state index < -0.39 is 0 Å².